The molecule has 0 aliphatic heterocycles. The van der Waals surface area contributed by atoms with Gasteiger partial charge in [0.2, 0.25) is 5.91 Å². The fourth-order valence-corrected chi connectivity index (χ4v) is 2.06. The third-order valence-corrected chi connectivity index (χ3v) is 3.30. The number of benzene rings is 1. The van der Waals surface area contributed by atoms with Gasteiger partial charge in [0.25, 0.3) is 0 Å². The van der Waals surface area contributed by atoms with Gasteiger partial charge in [-0.25, -0.2) is 0 Å². The number of rotatable bonds is 10. The first-order chi connectivity index (χ1) is 10.2. The summed E-state index contributed by atoms with van der Waals surface area (Å²) in [5.74, 6) is 1.44. The van der Waals surface area contributed by atoms with Crippen LogP contribution in [0.5, 0.6) is 11.5 Å². The van der Waals surface area contributed by atoms with Crippen molar-refractivity contribution in [2.24, 2.45) is 5.73 Å². The van der Waals surface area contributed by atoms with Crippen molar-refractivity contribution in [2.45, 2.75) is 38.6 Å². The number of carbonyl (C=O) groups is 1. The van der Waals surface area contributed by atoms with Crippen LogP contribution in [0.15, 0.2) is 18.2 Å². The Hall–Kier alpha value is -1.46. The summed E-state index contributed by atoms with van der Waals surface area (Å²) >= 11 is 0. The number of hydrogen-bond acceptors (Lipinski definition) is 4. The van der Waals surface area contributed by atoms with Gasteiger partial charge in [-0.05, 0) is 37.1 Å². The van der Waals surface area contributed by atoms with Crippen LogP contribution in [0.1, 0.15) is 37.7 Å². The third kappa shape index (κ3) is 7.52. The number of nitrogens with two attached hydrogens (primary N) is 1. The molecule has 0 saturated carbocycles. The molecule has 1 amide bonds. The SMILES string of the molecule is COc1ccc(CNC(=O)CCCCCCN)cc1OC.Cl. The van der Waals surface area contributed by atoms with E-state index in [1.54, 1.807) is 14.2 Å². The van der Waals surface area contributed by atoms with E-state index in [4.69, 9.17) is 15.2 Å². The number of amides is 1. The van der Waals surface area contributed by atoms with Crippen molar-refractivity contribution in [1.29, 1.82) is 0 Å². The van der Waals surface area contributed by atoms with E-state index in [0.717, 1.165) is 37.8 Å². The van der Waals surface area contributed by atoms with Crippen LogP contribution in [-0.4, -0.2) is 26.7 Å². The van der Waals surface area contributed by atoms with Gasteiger partial charge in [0.15, 0.2) is 11.5 Å². The Balaban J connectivity index is 0.00000441. The maximum absolute atomic E-state index is 11.7. The van der Waals surface area contributed by atoms with Gasteiger partial charge in [-0.2, -0.15) is 0 Å². The van der Waals surface area contributed by atoms with Gasteiger partial charge in [0, 0.05) is 13.0 Å². The molecule has 0 aliphatic rings. The fraction of sp³-hybridized carbons (Fsp3) is 0.562. The van der Waals surface area contributed by atoms with E-state index in [2.05, 4.69) is 5.32 Å². The van der Waals surface area contributed by atoms with Crippen molar-refractivity contribution >= 4 is 18.3 Å². The largest absolute Gasteiger partial charge is 0.493 e. The molecule has 0 atom stereocenters. The van der Waals surface area contributed by atoms with Crippen LogP contribution in [-0.2, 0) is 11.3 Å². The van der Waals surface area contributed by atoms with E-state index in [1.807, 2.05) is 18.2 Å². The molecule has 1 aromatic carbocycles. The zero-order valence-electron chi connectivity index (χ0n) is 13.4. The minimum absolute atomic E-state index is 0. The second-order valence-electron chi connectivity index (χ2n) is 4.92. The van der Waals surface area contributed by atoms with Crippen LogP contribution in [0, 0.1) is 0 Å². The molecule has 0 aliphatic carbocycles. The van der Waals surface area contributed by atoms with Gasteiger partial charge in [-0.15, -0.1) is 12.4 Å². The van der Waals surface area contributed by atoms with E-state index in [0.29, 0.717) is 24.5 Å². The molecule has 22 heavy (non-hydrogen) atoms. The number of carbonyl (C=O) groups excluding carboxylic acids is 1. The summed E-state index contributed by atoms with van der Waals surface area (Å²) in [4.78, 5) is 11.7. The summed E-state index contributed by atoms with van der Waals surface area (Å²) < 4.78 is 10.4. The number of methoxy groups -OCH3 is 2. The van der Waals surface area contributed by atoms with E-state index in [1.165, 1.54) is 0 Å². The first kappa shape index (κ1) is 20.5. The Morgan fingerprint density at radius 2 is 1.77 bits per heavy atom. The molecule has 0 saturated heterocycles. The minimum atomic E-state index is 0. The quantitative estimate of drug-likeness (QED) is 0.647. The van der Waals surface area contributed by atoms with Crippen molar-refractivity contribution in [3.8, 4) is 11.5 Å². The molecule has 0 radical (unpaired) electrons. The Bertz CT molecular complexity index is 441. The van der Waals surface area contributed by atoms with Crippen molar-refractivity contribution in [1.82, 2.24) is 5.32 Å². The fourth-order valence-electron chi connectivity index (χ4n) is 2.06. The molecule has 0 heterocycles. The first-order valence-electron chi connectivity index (χ1n) is 7.39. The second kappa shape index (κ2) is 12.1. The highest BCUT2D eigenvalue weighted by Crippen LogP contribution is 2.27. The standard InChI is InChI=1S/C16H26N2O3.ClH/c1-20-14-9-8-13(11-15(14)21-2)12-18-16(19)7-5-3-4-6-10-17;/h8-9,11H,3-7,10,12,17H2,1-2H3,(H,18,19);1H. The molecule has 126 valence electrons. The molecular formula is C16H27ClN2O3. The summed E-state index contributed by atoms with van der Waals surface area (Å²) in [5.41, 5.74) is 6.42. The van der Waals surface area contributed by atoms with Gasteiger partial charge >= 0.3 is 0 Å². The van der Waals surface area contributed by atoms with Crippen LogP contribution in [0.25, 0.3) is 0 Å². The molecule has 0 unspecified atom stereocenters. The highest BCUT2D eigenvalue weighted by Gasteiger charge is 2.06. The van der Waals surface area contributed by atoms with Crippen LogP contribution in [0.3, 0.4) is 0 Å². The predicted molar refractivity (Wildman–Crippen MR) is 90.8 cm³/mol. The summed E-state index contributed by atoms with van der Waals surface area (Å²) in [6, 6.07) is 5.64. The molecule has 0 fully saturated rings. The normalized spacial score (nSPS) is 9.77. The Labute approximate surface area is 139 Å². The van der Waals surface area contributed by atoms with Crippen molar-refractivity contribution in [2.75, 3.05) is 20.8 Å². The van der Waals surface area contributed by atoms with E-state index in [-0.39, 0.29) is 18.3 Å². The number of nitrogens with one attached hydrogen (secondary N) is 1. The van der Waals surface area contributed by atoms with E-state index < -0.39 is 0 Å². The van der Waals surface area contributed by atoms with Gasteiger partial charge in [0.05, 0.1) is 14.2 Å². The van der Waals surface area contributed by atoms with Gasteiger partial charge in [0.1, 0.15) is 0 Å². The molecule has 0 spiro atoms. The van der Waals surface area contributed by atoms with Crippen LogP contribution in [0.2, 0.25) is 0 Å². The first-order valence-corrected chi connectivity index (χ1v) is 7.39. The van der Waals surface area contributed by atoms with E-state index >= 15 is 0 Å². The maximum Gasteiger partial charge on any atom is 0.220 e. The average Bonchev–Trinajstić information content (AvgIpc) is 2.52. The lowest BCUT2D eigenvalue weighted by Crippen LogP contribution is -2.22. The van der Waals surface area contributed by atoms with Crippen molar-refractivity contribution < 1.29 is 14.3 Å². The lowest BCUT2D eigenvalue weighted by atomic mass is 10.1. The van der Waals surface area contributed by atoms with Crippen LogP contribution in [0.4, 0.5) is 0 Å². The monoisotopic (exact) mass is 330 g/mol. The summed E-state index contributed by atoms with van der Waals surface area (Å²) in [6.45, 7) is 1.23. The Kier molecular flexibility index (Phi) is 11.3. The molecule has 5 nitrogen and oxygen atoms in total. The van der Waals surface area contributed by atoms with Crippen molar-refractivity contribution in [3.05, 3.63) is 23.8 Å². The average molecular weight is 331 g/mol. The minimum Gasteiger partial charge on any atom is -0.493 e. The molecule has 1 rings (SSSR count). The zero-order valence-corrected chi connectivity index (χ0v) is 14.2. The molecule has 0 bridgehead atoms. The molecule has 6 heteroatoms. The van der Waals surface area contributed by atoms with E-state index in [9.17, 15) is 4.79 Å². The number of unbranched alkanes of at least 4 members (excludes halogenated alkanes) is 3. The number of halogens is 1. The third-order valence-electron chi connectivity index (χ3n) is 3.30. The second-order valence-corrected chi connectivity index (χ2v) is 4.92. The highest BCUT2D eigenvalue weighted by molar-refractivity contribution is 5.85. The van der Waals surface area contributed by atoms with Gasteiger partial charge in [-0.1, -0.05) is 18.9 Å². The molecular weight excluding hydrogens is 304 g/mol. The number of hydrogen-bond donors (Lipinski definition) is 2. The summed E-state index contributed by atoms with van der Waals surface area (Å²) in [5, 5.41) is 2.92. The van der Waals surface area contributed by atoms with Crippen LogP contribution >= 0.6 is 12.4 Å². The van der Waals surface area contributed by atoms with Crippen LogP contribution < -0.4 is 20.5 Å². The Morgan fingerprint density at radius 1 is 1.09 bits per heavy atom. The maximum atomic E-state index is 11.7. The topological polar surface area (TPSA) is 73.6 Å². The summed E-state index contributed by atoms with van der Waals surface area (Å²) in [7, 11) is 3.20. The summed E-state index contributed by atoms with van der Waals surface area (Å²) in [6.07, 6.45) is 4.67. The Morgan fingerprint density at radius 3 is 2.41 bits per heavy atom. The molecule has 1 aromatic rings. The van der Waals surface area contributed by atoms with Gasteiger partial charge in [-0.3, -0.25) is 4.79 Å². The van der Waals surface area contributed by atoms with Gasteiger partial charge < -0.3 is 20.5 Å². The molecule has 3 N–H and O–H groups in total. The lowest BCUT2D eigenvalue weighted by molar-refractivity contribution is -0.121. The van der Waals surface area contributed by atoms with Crippen molar-refractivity contribution in [3.63, 3.8) is 0 Å². The highest BCUT2D eigenvalue weighted by atomic mass is 35.5. The predicted octanol–water partition coefficient (Wildman–Crippen LogP) is 2.65. The smallest absolute Gasteiger partial charge is 0.220 e. The molecule has 0 aromatic heterocycles. The number of ether oxygens (including phenoxy) is 2. The zero-order chi connectivity index (χ0) is 15.5. The lowest BCUT2D eigenvalue weighted by Gasteiger charge is -2.10.